The van der Waals surface area contributed by atoms with Gasteiger partial charge in [-0.05, 0) is 79.1 Å². The van der Waals surface area contributed by atoms with Crippen molar-refractivity contribution in [1.82, 2.24) is 9.55 Å². The summed E-state index contributed by atoms with van der Waals surface area (Å²) in [5.41, 5.74) is 3.24. The Hall–Kier alpha value is -4.71. The molecule has 196 valence electrons. The zero-order chi connectivity index (χ0) is 27.0. The summed E-state index contributed by atoms with van der Waals surface area (Å²) >= 11 is 0. The van der Waals surface area contributed by atoms with Crippen LogP contribution in [0.4, 0.5) is 4.39 Å². The highest BCUT2D eigenvalue weighted by Gasteiger charge is 2.11. The van der Waals surface area contributed by atoms with Crippen molar-refractivity contribution in [3.05, 3.63) is 136 Å². The predicted molar refractivity (Wildman–Crippen MR) is 153 cm³/mol. The second-order valence-corrected chi connectivity index (χ2v) is 9.17. The zero-order valence-electron chi connectivity index (χ0n) is 21.7. The van der Waals surface area contributed by atoms with Gasteiger partial charge in [-0.3, -0.25) is 9.36 Å². The third-order valence-corrected chi connectivity index (χ3v) is 6.31. The van der Waals surface area contributed by atoms with Gasteiger partial charge in [0.2, 0.25) is 0 Å². The van der Waals surface area contributed by atoms with E-state index in [1.165, 1.54) is 33.9 Å². The molecule has 0 unspecified atom stereocenters. The van der Waals surface area contributed by atoms with E-state index in [0.29, 0.717) is 36.0 Å². The van der Waals surface area contributed by atoms with E-state index in [-0.39, 0.29) is 10.9 Å². The number of hydrogen-bond donors (Lipinski definition) is 0. The third kappa shape index (κ3) is 6.60. The Labute approximate surface area is 226 Å². The van der Waals surface area contributed by atoms with Crippen LogP contribution < -0.4 is 15.0 Å². The largest absolute Gasteiger partial charge is 0.493 e. The van der Waals surface area contributed by atoms with E-state index in [0.717, 1.165) is 18.6 Å². The average molecular weight is 521 g/mol. The molecule has 0 amide bonds. The second-order valence-electron chi connectivity index (χ2n) is 9.17. The standard InChI is InChI=1S/C33H29FN2O3/c1-24-35-32-20-13-27(34)23-31(32)33(37)36(24)28-14-18-30(19-15-28)39-22-6-21-38-29-16-11-26(12-17-29)10-5-9-25-7-3-2-4-8-25/h2-5,7-9,11-20,23H,6,10,21-22H2,1H3. The van der Waals surface area contributed by atoms with Gasteiger partial charge in [-0.15, -0.1) is 0 Å². The number of aromatic nitrogens is 2. The van der Waals surface area contributed by atoms with Crippen LogP contribution in [-0.4, -0.2) is 22.8 Å². The van der Waals surface area contributed by atoms with Crippen molar-refractivity contribution < 1.29 is 13.9 Å². The van der Waals surface area contributed by atoms with Crippen molar-refractivity contribution in [2.24, 2.45) is 0 Å². The minimum Gasteiger partial charge on any atom is -0.493 e. The summed E-state index contributed by atoms with van der Waals surface area (Å²) in [5, 5.41) is 0.246. The summed E-state index contributed by atoms with van der Waals surface area (Å²) in [6.07, 6.45) is 5.88. The molecule has 0 spiro atoms. The van der Waals surface area contributed by atoms with Crippen molar-refractivity contribution in [3.63, 3.8) is 0 Å². The normalized spacial score (nSPS) is 11.2. The number of halogens is 1. The minimum absolute atomic E-state index is 0.246. The Kier molecular flexibility index (Phi) is 8.12. The Morgan fingerprint density at radius 3 is 2.21 bits per heavy atom. The lowest BCUT2D eigenvalue weighted by molar-refractivity contribution is 0.247. The highest BCUT2D eigenvalue weighted by molar-refractivity contribution is 5.78. The van der Waals surface area contributed by atoms with Crippen molar-refractivity contribution in [2.75, 3.05) is 13.2 Å². The fraction of sp³-hybridized carbons (Fsp3) is 0.152. The Morgan fingerprint density at radius 2 is 1.51 bits per heavy atom. The number of aryl methyl sites for hydroxylation is 1. The lowest BCUT2D eigenvalue weighted by Gasteiger charge is -2.12. The lowest BCUT2D eigenvalue weighted by Crippen LogP contribution is -2.22. The molecular weight excluding hydrogens is 491 g/mol. The molecule has 0 aliphatic heterocycles. The molecule has 5 nitrogen and oxygen atoms in total. The van der Waals surface area contributed by atoms with Gasteiger partial charge in [0.25, 0.3) is 5.56 Å². The van der Waals surface area contributed by atoms with Crippen LogP contribution in [0.3, 0.4) is 0 Å². The van der Waals surface area contributed by atoms with Crippen molar-refractivity contribution in [3.8, 4) is 17.2 Å². The van der Waals surface area contributed by atoms with Crippen LogP contribution in [0.15, 0.2) is 108 Å². The molecular formula is C33H29FN2O3. The molecule has 39 heavy (non-hydrogen) atoms. The molecule has 0 aliphatic carbocycles. The summed E-state index contributed by atoms with van der Waals surface area (Å²) in [7, 11) is 0. The first kappa shape index (κ1) is 25.9. The van der Waals surface area contributed by atoms with Gasteiger partial charge in [0.05, 0.1) is 29.8 Å². The topological polar surface area (TPSA) is 53.4 Å². The first-order valence-corrected chi connectivity index (χ1v) is 12.9. The first-order valence-electron chi connectivity index (χ1n) is 12.9. The molecule has 5 rings (SSSR count). The fourth-order valence-electron chi connectivity index (χ4n) is 4.32. The summed E-state index contributed by atoms with van der Waals surface area (Å²) < 4.78 is 26.8. The minimum atomic E-state index is -0.464. The lowest BCUT2D eigenvalue weighted by atomic mass is 10.1. The van der Waals surface area contributed by atoms with Gasteiger partial charge in [-0.1, -0.05) is 54.6 Å². The first-order chi connectivity index (χ1) is 19.1. The number of rotatable bonds is 10. The molecule has 0 saturated heterocycles. The Morgan fingerprint density at radius 1 is 0.846 bits per heavy atom. The van der Waals surface area contributed by atoms with Crippen LogP contribution in [-0.2, 0) is 6.42 Å². The van der Waals surface area contributed by atoms with E-state index in [1.807, 2.05) is 42.5 Å². The Balaban J connectivity index is 1.09. The fourth-order valence-corrected chi connectivity index (χ4v) is 4.32. The van der Waals surface area contributed by atoms with Crippen LogP contribution in [0.2, 0.25) is 0 Å². The summed E-state index contributed by atoms with van der Waals surface area (Å²) in [6.45, 7) is 2.79. The molecule has 0 atom stereocenters. The SMILES string of the molecule is Cc1nc2ccc(F)cc2c(=O)n1-c1ccc(OCCCOc2ccc(CC=Cc3ccccc3)cc2)cc1. The van der Waals surface area contributed by atoms with E-state index >= 15 is 0 Å². The smallest absolute Gasteiger partial charge is 0.266 e. The molecule has 0 saturated carbocycles. The zero-order valence-corrected chi connectivity index (χ0v) is 21.7. The molecule has 1 aromatic heterocycles. The van der Waals surface area contributed by atoms with E-state index in [1.54, 1.807) is 19.1 Å². The van der Waals surface area contributed by atoms with Crippen LogP contribution in [0.5, 0.6) is 11.5 Å². The molecule has 6 heteroatoms. The van der Waals surface area contributed by atoms with Gasteiger partial charge in [0.1, 0.15) is 23.1 Å². The molecule has 0 N–H and O–H groups in total. The predicted octanol–water partition coefficient (Wildman–Crippen LogP) is 6.94. The van der Waals surface area contributed by atoms with E-state index in [9.17, 15) is 9.18 Å². The molecule has 0 radical (unpaired) electrons. The van der Waals surface area contributed by atoms with E-state index in [4.69, 9.17) is 9.47 Å². The summed E-state index contributed by atoms with van der Waals surface area (Å²) in [4.78, 5) is 17.4. The number of benzene rings is 4. The molecule has 0 aliphatic rings. The molecule has 0 bridgehead atoms. The van der Waals surface area contributed by atoms with Crippen molar-refractivity contribution in [2.45, 2.75) is 19.8 Å². The van der Waals surface area contributed by atoms with Crippen LogP contribution in [0.25, 0.3) is 22.7 Å². The maximum atomic E-state index is 13.7. The molecule has 4 aromatic carbocycles. The van der Waals surface area contributed by atoms with E-state index < -0.39 is 5.82 Å². The maximum Gasteiger partial charge on any atom is 0.266 e. The monoisotopic (exact) mass is 520 g/mol. The number of fused-ring (bicyclic) bond motifs is 1. The van der Waals surface area contributed by atoms with Crippen molar-refractivity contribution >= 4 is 17.0 Å². The van der Waals surface area contributed by atoms with Crippen LogP contribution in [0, 0.1) is 12.7 Å². The molecule has 0 fully saturated rings. The molecule has 1 heterocycles. The van der Waals surface area contributed by atoms with Gasteiger partial charge in [0, 0.05) is 6.42 Å². The number of allylic oxidation sites excluding steroid dienone is 1. The maximum absolute atomic E-state index is 13.7. The van der Waals surface area contributed by atoms with Crippen LogP contribution in [0.1, 0.15) is 23.4 Å². The van der Waals surface area contributed by atoms with Gasteiger partial charge >= 0.3 is 0 Å². The van der Waals surface area contributed by atoms with Crippen LogP contribution >= 0.6 is 0 Å². The van der Waals surface area contributed by atoms with Gasteiger partial charge in [-0.25, -0.2) is 9.37 Å². The number of hydrogen-bond acceptors (Lipinski definition) is 4. The van der Waals surface area contributed by atoms with Gasteiger partial charge in [0.15, 0.2) is 0 Å². The van der Waals surface area contributed by atoms with Gasteiger partial charge < -0.3 is 9.47 Å². The number of ether oxygens (including phenoxy) is 2. The molecule has 5 aromatic rings. The van der Waals surface area contributed by atoms with Gasteiger partial charge in [-0.2, -0.15) is 0 Å². The highest BCUT2D eigenvalue weighted by atomic mass is 19.1. The quantitative estimate of drug-likeness (QED) is 0.187. The second kappa shape index (κ2) is 12.2. The Bertz CT molecular complexity index is 1630. The van der Waals surface area contributed by atoms with E-state index in [2.05, 4.69) is 41.4 Å². The number of nitrogens with zero attached hydrogens (tertiary/aromatic N) is 2. The highest BCUT2D eigenvalue weighted by Crippen LogP contribution is 2.18. The summed E-state index contributed by atoms with van der Waals surface area (Å²) in [6, 6.07) is 29.7. The summed E-state index contributed by atoms with van der Waals surface area (Å²) in [5.74, 6) is 1.59. The third-order valence-electron chi connectivity index (χ3n) is 6.31. The average Bonchev–Trinajstić information content (AvgIpc) is 2.95. The van der Waals surface area contributed by atoms with Crippen molar-refractivity contribution in [1.29, 1.82) is 0 Å².